The van der Waals surface area contributed by atoms with Crippen LogP contribution in [0, 0.1) is 11.8 Å². The van der Waals surface area contributed by atoms with Crippen molar-refractivity contribution in [1.29, 1.82) is 0 Å². The lowest BCUT2D eigenvalue weighted by Crippen LogP contribution is -2.28. The molecule has 3 N–H and O–H groups in total. The summed E-state index contributed by atoms with van der Waals surface area (Å²) in [6, 6.07) is 0. The molecule has 0 aromatic carbocycles. The summed E-state index contributed by atoms with van der Waals surface area (Å²) < 4.78 is 0. The van der Waals surface area contributed by atoms with E-state index in [9.17, 15) is 5.11 Å². The molecule has 0 aromatic heterocycles. The third kappa shape index (κ3) is 3.11. The number of aliphatic hydroxyl groups is 1. The molecule has 1 aliphatic carbocycles. The standard InChI is InChI=1S/C10H21NO/c1-2-3-9(7-11)10(12)6-8-4-5-8/h8-10,12H,2-7,11H2,1H3. The molecule has 12 heavy (non-hydrogen) atoms. The van der Waals surface area contributed by atoms with Gasteiger partial charge in [-0.25, -0.2) is 0 Å². The van der Waals surface area contributed by atoms with Gasteiger partial charge in [0.2, 0.25) is 0 Å². The first-order valence-electron chi connectivity index (χ1n) is 5.16. The summed E-state index contributed by atoms with van der Waals surface area (Å²) in [4.78, 5) is 0. The van der Waals surface area contributed by atoms with Gasteiger partial charge in [0.05, 0.1) is 6.10 Å². The molecule has 0 aromatic rings. The first-order valence-corrected chi connectivity index (χ1v) is 5.16. The van der Waals surface area contributed by atoms with Crippen LogP contribution in [0.15, 0.2) is 0 Å². The second-order valence-electron chi connectivity index (χ2n) is 4.03. The van der Waals surface area contributed by atoms with Gasteiger partial charge in [0.25, 0.3) is 0 Å². The molecule has 1 rings (SSSR count). The molecule has 0 spiro atoms. The number of rotatable bonds is 6. The lowest BCUT2D eigenvalue weighted by molar-refractivity contribution is 0.0919. The highest BCUT2D eigenvalue weighted by atomic mass is 16.3. The Balaban J connectivity index is 2.19. The lowest BCUT2D eigenvalue weighted by atomic mass is 9.93. The highest BCUT2D eigenvalue weighted by molar-refractivity contribution is 4.80. The van der Waals surface area contributed by atoms with Gasteiger partial charge in [0.1, 0.15) is 0 Å². The Kier molecular flexibility index (Phi) is 4.02. The fourth-order valence-corrected chi connectivity index (χ4v) is 1.73. The predicted molar refractivity (Wildman–Crippen MR) is 50.8 cm³/mol. The van der Waals surface area contributed by atoms with E-state index in [-0.39, 0.29) is 6.10 Å². The van der Waals surface area contributed by atoms with E-state index in [4.69, 9.17) is 5.73 Å². The van der Waals surface area contributed by atoms with Gasteiger partial charge in [-0.15, -0.1) is 0 Å². The second-order valence-corrected chi connectivity index (χ2v) is 4.03. The molecular weight excluding hydrogens is 150 g/mol. The third-order valence-electron chi connectivity index (χ3n) is 2.78. The molecule has 2 heteroatoms. The third-order valence-corrected chi connectivity index (χ3v) is 2.78. The highest BCUT2D eigenvalue weighted by Crippen LogP contribution is 2.35. The molecule has 72 valence electrons. The van der Waals surface area contributed by atoms with Crippen LogP contribution in [0.3, 0.4) is 0 Å². The normalized spacial score (nSPS) is 22.2. The van der Waals surface area contributed by atoms with Crippen molar-refractivity contribution in [2.45, 2.75) is 45.1 Å². The van der Waals surface area contributed by atoms with Gasteiger partial charge in [0.15, 0.2) is 0 Å². The van der Waals surface area contributed by atoms with Crippen molar-refractivity contribution in [3.63, 3.8) is 0 Å². The van der Waals surface area contributed by atoms with E-state index in [1.54, 1.807) is 0 Å². The van der Waals surface area contributed by atoms with Crippen LogP contribution in [0.5, 0.6) is 0 Å². The number of aliphatic hydroxyl groups excluding tert-OH is 1. The van der Waals surface area contributed by atoms with E-state index in [0.29, 0.717) is 12.5 Å². The zero-order valence-corrected chi connectivity index (χ0v) is 8.00. The average molecular weight is 171 g/mol. The zero-order valence-electron chi connectivity index (χ0n) is 8.00. The van der Waals surface area contributed by atoms with E-state index < -0.39 is 0 Å². The van der Waals surface area contributed by atoms with Crippen molar-refractivity contribution < 1.29 is 5.11 Å². The Hall–Kier alpha value is -0.0800. The van der Waals surface area contributed by atoms with Crippen molar-refractivity contribution in [2.24, 2.45) is 17.6 Å². The van der Waals surface area contributed by atoms with Crippen LogP contribution in [-0.2, 0) is 0 Å². The highest BCUT2D eigenvalue weighted by Gasteiger charge is 2.27. The van der Waals surface area contributed by atoms with Crippen molar-refractivity contribution >= 4 is 0 Å². The van der Waals surface area contributed by atoms with E-state index in [1.807, 2.05) is 0 Å². The first-order chi connectivity index (χ1) is 5.77. The molecule has 0 aliphatic heterocycles. The fraction of sp³-hybridized carbons (Fsp3) is 1.00. The van der Waals surface area contributed by atoms with E-state index >= 15 is 0 Å². The van der Waals surface area contributed by atoms with E-state index in [0.717, 1.165) is 25.2 Å². The monoisotopic (exact) mass is 171 g/mol. The lowest BCUT2D eigenvalue weighted by Gasteiger charge is -2.20. The summed E-state index contributed by atoms with van der Waals surface area (Å²) >= 11 is 0. The predicted octanol–water partition coefficient (Wildman–Crippen LogP) is 1.52. The average Bonchev–Trinajstić information content (AvgIpc) is 2.83. The van der Waals surface area contributed by atoms with Crippen LogP contribution in [0.25, 0.3) is 0 Å². The molecule has 1 aliphatic rings. The van der Waals surface area contributed by atoms with Crippen molar-refractivity contribution in [3.8, 4) is 0 Å². The topological polar surface area (TPSA) is 46.2 Å². The number of hydrogen-bond acceptors (Lipinski definition) is 2. The molecule has 0 amide bonds. The smallest absolute Gasteiger partial charge is 0.0583 e. The molecule has 0 saturated heterocycles. The molecule has 0 bridgehead atoms. The Morgan fingerprint density at radius 1 is 1.50 bits per heavy atom. The van der Waals surface area contributed by atoms with Gasteiger partial charge < -0.3 is 10.8 Å². The molecule has 1 fully saturated rings. The Labute approximate surface area is 75.2 Å². The van der Waals surface area contributed by atoms with E-state index in [2.05, 4.69) is 6.92 Å². The summed E-state index contributed by atoms with van der Waals surface area (Å²) in [7, 11) is 0. The molecule has 0 radical (unpaired) electrons. The van der Waals surface area contributed by atoms with Crippen LogP contribution >= 0.6 is 0 Å². The van der Waals surface area contributed by atoms with Gasteiger partial charge in [-0.3, -0.25) is 0 Å². The maximum Gasteiger partial charge on any atom is 0.0583 e. The number of hydrogen-bond donors (Lipinski definition) is 2. The minimum Gasteiger partial charge on any atom is -0.393 e. The zero-order chi connectivity index (χ0) is 8.97. The minimum absolute atomic E-state index is 0.137. The van der Waals surface area contributed by atoms with Gasteiger partial charge in [-0.1, -0.05) is 26.2 Å². The Bertz CT molecular complexity index is 123. The first kappa shape index (κ1) is 10.0. The summed E-state index contributed by atoms with van der Waals surface area (Å²) in [5, 5.41) is 9.77. The molecule has 2 unspecified atom stereocenters. The molecule has 2 atom stereocenters. The largest absolute Gasteiger partial charge is 0.393 e. The quantitative estimate of drug-likeness (QED) is 0.636. The Morgan fingerprint density at radius 3 is 2.58 bits per heavy atom. The SMILES string of the molecule is CCCC(CN)C(O)CC1CC1. The summed E-state index contributed by atoms with van der Waals surface area (Å²) in [5.74, 6) is 1.15. The van der Waals surface area contributed by atoms with Crippen LogP contribution in [0.2, 0.25) is 0 Å². The van der Waals surface area contributed by atoms with Crippen molar-refractivity contribution in [1.82, 2.24) is 0 Å². The van der Waals surface area contributed by atoms with Gasteiger partial charge in [0, 0.05) is 0 Å². The van der Waals surface area contributed by atoms with Crippen LogP contribution < -0.4 is 5.73 Å². The maximum atomic E-state index is 9.77. The summed E-state index contributed by atoms with van der Waals surface area (Å²) in [6.45, 7) is 2.79. The molecular formula is C10H21NO. The van der Waals surface area contributed by atoms with Gasteiger partial charge >= 0.3 is 0 Å². The van der Waals surface area contributed by atoms with Crippen molar-refractivity contribution in [3.05, 3.63) is 0 Å². The van der Waals surface area contributed by atoms with Gasteiger partial charge in [-0.2, -0.15) is 0 Å². The second kappa shape index (κ2) is 4.83. The summed E-state index contributed by atoms with van der Waals surface area (Å²) in [5.41, 5.74) is 5.60. The molecule has 2 nitrogen and oxygen atoms in total. The van der Waals surface area contributed by atoms with Crippen LogP contribution in [0.1, 0.15) is 39.0 Å². The molecule has 0 heterocycles. The van der Waals surface area contributed by atoms with Crippen LogP contribution in [0.4, 0.5) is 0 Å². The van der Waals surface area contributed by atoms with E-state index in [1.165, 1.54) is 12.8 Å². The van der Waals surface area contributed by atoms with Crippen molar-refractivity contribution in [2.75, 3.05) is 6.54 Å². The number of nitrogens with two attached hydrogens (primary N) is 1. The minimum atomic E-state index is -0.137. The molecule has 1 saturated carbocycles. The van der Waals surface area contributed by atoms with Gasteiger partial charge in [-0.05, 0) is 31.2 Å². The fourth-order valence-electron chi connectivity index (χ4n) is 1.73. The summed E-state index contributed by atoms with van der Waals surface area (Å²) in [6.07, 6.45) is 5.69. The maximum absolute atomic E-state index is 9.77. The Morgan fingerprint density at radius 2 is 2.17 bits per heavy atom. The van der Waals surface area contributed by atoms with Crippen LogP contribution in [-0.4, -0.2) is 17.8 Å².